The van der Waals surface area contributed by atoms with Crippen molar-refractivity contribution in [2.75, 3.05) is 12.1 Å². The third-order valence-corrected chi connectivity index (χ3v) is 2.67. The molecule has 18 heavy (non-hydrogen) atoms. The van der Waals surface area contributed by atoms with Crippen molar-refractivity contribution in [3.63, 3.8) is 0 Å². The first-order valence-corrected chi connectivity index (χ1v) is 5.69. The molecule has 6 nitrogen and oxygen atoms in total. The van der Waals surface area contributed by atoms with Gasteiger partial charge in [0.05, 0.1) is 0 Å². The van der Waals surface area contributed by atoms with Gasteiger partial charge in [0.2, 0.25) is 12.7 Å². The Morgan fingerprint density at radius 1 is 1.28 bits per heavy atom. The van der Waals surface area contributed by atoms with Crippen LogP contribution in [0, 0.1) is 6.92 Å². The van der Waals surface area contributed by atoms with Crippen molar-refractivity contribution < 1.29 is 14.0 Å². The van der Waals surface area contributed by atoms with Crippen LogP contribution in [-0.4, -0.2) is 16.9 Å². The van der Waals surface area contributed by atoms with Gasteiger partial charge in [0, 0.05) is 11.8 Å². The third-order valence-electron chi connectivity index (χ3n) is 2.67. The molecule has 3 rings (SSSR count). The lowest BCUT2D eigenvalue weighted by Crippen LogP contribution is -2.06. The lowest BCUT2D eigenvalue weighted by molar-refractivity contribution is 0.174. The SMILES string of the molecule is Cc1noc([C@@H](C)Nc2ccc3c(c2)OCO3)n1. The molecule has 2 aromatic rings. The molecule has 6 heteroatoms. The summed E-state index contributed by atoms with van der Waals surface area (Å²) in [5.41, 5.74) is 0.919. The number of hydrogen-bond donors (Lipinski definition) is 1. The molecule has 0 amide bonds. The number of ether oxygens (including phenoxy) is 2. The molecule has 0 spiro atoms. The number of anilines is 1. The smallest absolute Gasteiger partial charge is 0.248 e. The number of hydrogen-bond acceptors (Lipinski definition) is 6. The quantitative estimate of drug-likeness (QED) is 0.897. The number of aromatic nitrogens is 2. The standard InChI is InChI=1S/C12H13N3O3/c1-7(12-14-8(2)15-18-12)13-9-3-4-10-11(5-9)17-6-16-10/h3-5,7,13H,6H2,1-2H3/t7-/m1/s1. The molecular formula is C12H13N3O3. The Bertz CT molecular complexity index is 567. The normalized spacial score (nSPS) is 14.6. The lowest BCUT2D eigenvalue weighted by Gasteiger charge is -2.11. The molecule has 0 unspecified atom stereocenters. The van der Waals surface area contributed by atoms with Crippen molar-refractivity contribution in [3.05, 3.63) is 29.9 Å². The fourth-order valence-electron chi connectivity index (χ4n) is 1.79. The van der Waals surface area contributed by atoms with Crippen molar-refractivity contribution >= 4 is 5.69 Å². The van der Waals surface area contributed by atoms with E-state index in [1.807, 2.05) is 25.1 Å². The monoisotopic (exact) mass is 247 g/mol. The van der Waals surface area contributed by atoms with Crippen LogP contribution in [0.4, 0.5) is 5.69 Å². The topological polar surface area (TPSA) is 69.4 Å². The number of fused-ring (bicyclic) bond motifs is 1. The number of nitrogens with one attached hydrogen (secondary N) is 1. The molecule has 0 fully saturated rings. The fraction of sp³-hybridized carbons (Fsp3) is 0.333. The Balaban J connectivity index is 1.76. The van der Waals surface area contributed by atoms with E-state index in [1.165, 1.54) is 0 Å². The Kier molecular flexibility index (Phi) is 2.55. The van der Waals surface area contributed by atoms with Crippen molar-refractivity contribution in [2.45, 2.75) is 19.9 Å². The average molecular weight is 247 g/mol. The van der Waals surface area contributed by atoms with E-state index in [0.717, 1.165) is 17.2 Å². The van der Waals surface area contributed by atoms with Crippen molar-refractivity contribution in [3.8, 4) is 11.5 Å². The van der Waals surface area contributed by atoms with Crippen LogP contribution in [0.15, 0.2) is 22.7 Å². The van der Waals surface area contributed by atoms with Crippen molar-refractivity contribution in [1.82, 2.24) is 10.1 Å². The van der Waals surface area contributed by atoms with E-state index in [2.05, 4.69) is 15.5 Å². The Labute approximate surface area is 104 Å². The first kappa shape index (κ1) is 10.9. The molecule has 0 radical (unpaired) electrons. The maximum absolute atomic E-state index is 5.32. The average Bonchev–Trinajstić information content (AvgIpc) is 2.96. The largest absolute Gasteiger partial charge is 0.454 e. The van der Waals surface area contributed by atoms with Gasteiger partial charge in [0.25, 0.3) is 0 Å². The van der Waals surface area contributed by atoms with Gasteiger partial charge in [-0.05, 0) is 26.0 Å². The van der Waals surface area contributed by atoms with E-state index in [4.69, 9.17) is 14.0 Å². The summed E-state index contributed by atoms with van der Waals surface area (Å²) >= 11 is 0. The zero-order valence-electron chi connectivity index (χ0n) is 10.1. The Morgan fingerprint density at radius 3 is 2.89 bits per heavy atom. The number of nitrogens with zero attached hydrogens (tertiary/aromatic N) is 2. The molecule has 1 N–H and O–H groups in total. The van der Waals surface area contributed by atoms with Gasteiger partial charge in [0.1, 0.15) is 6.04 Å². The number of aryl methyl sites for hydroxylation is 1. The van der Waals surface area contributed by atoms with E-state index < -0.39 is 0 Å². The molecule has 1 atom stereocenters. The molecule has 94 valence electrons. The highest BCUT2D eigenvalue weighted by atomic mass is 16.7. The molecule has 1 aromatic heterocycles. The van der Waals surface area contributed by atoms with E-state index >= 15 is 0 Å². The molecule has 0 bridgehead atoms. The first-order valence-electron chi connectivity index (χ1n) is 5.69. The van der Waals surface area contributed by atoms with E-state index in [-0.39, 0.29) is 12.8 Å². The van der Waals surface area contributed by atoms with E-state index in [9.17, 15) is 0 Å². The summed E-state index contributed by atoms with van der Waals surface area (Å²) in [5.74, 6) is 2.70. The minimum atomic E-state index is -0.0634. The molecule has 1 aliphatic rings. The fourth-order valence-corrected chi connectivity index (χ4v) is 1.79. The van der Waals surface area contributed by atoms with Gasteiger partial charge < -0.3 is 19.3 Å². The summed E-state index contributed by atoms with van der Waals surface area (Å²) in [6.07, 6.45) is 0. The Morgan fingerprint density at radius 2 is 2.11 bits per heavy atom. The predicted octanol–water partition coefficient (Wildman–Crippen LogP) is 2.28. The van der Waals surface area contributed by atoms with Crippen LogP contribution in [0.2, 0.25) is 0 Å². The van der Waals surface area contributed by atoms with Crippen LogP contribution in [0.1, 0.15) is 24.7 Å². The van der Waals surface area contributed by atoms with Crippen LogP contribution < -0.4 is 14.8 Å². The summed E-state index contributed by atoms with van der Waals surface area (Å²) in [7, 11) is 0. The summed E-state index contributed by atoms with van der Waals surface area (Å²) in [4.78, 5) is 4.18. The van der Waals surface area contributed by atoms with Gasteiger partial charge in [-0.1, -0.05) is 5.16 Å². The van der Waals surface area contributed by atoms with Crippen LogP contribution in [0.25, 0.3) is 0 Å². The summed E-state index contributed by atoms with van der Waals surface area (Å²) in [5, 5.41) is 7.04. The minimum absolute atomic E-state index is 0.0634. The van der Waals surface area contributed by atoms with Gasteiger partial charge in [-0.25, -0.2) is 0 Å². The first-order chi connectivity index (χ1) is 8.72. The summed E-state index contributed by atoms with van der Waals surface area (Å²) in [6, 6.07) is 5.62. The van der Waals surface area contributed by atoms with Gasteiger partial charge in [-0.3, -0.25) is 0 Å². The molecule has 1 aliphatic heterocycles. The van der Waals surface area contributed by atoms with E-state index in [0.29, 0.717) is 11.7 Å². The van der Waals surface area contributed by atoms with Gasteiger partial charge in [0.15, 0.2) is 17.3 Å². The maximum atomic E-state index is 5.32. The predicted molar refractivity (Wildman–Crippen MR) is 63.6 cm³/mol. The lowest BCUT2D eigenvalue weighted by atomic mass is 10.2. The second kappa shape index (κ2) is 4.21. The molecule has 0 aliphatic carbocycles. The third kappa shape index (κ3) is 1.97. The number of rotatable bonds is 3. The van der Waals surface area contributed by atoms with Gasteiger partial charge >= 0.3 is 0 Å². The van der Waals surface area contributed by atoms with Crippen molar-refractivity contribution in [2.24, 2.45) is 0 Å². The van der Waals surface area contributed by atoms with Gasteiger partial charge in [-0.2, -0.15) is 4.98 Å². The molecule has 0 saturated heterocycles. The van der Waals surface area contributed by atoms with Crippen LogP contribution >= 0.6 is 0 Å². The van der Waals surface area contributed by atoms with Crippen molar-refractivity contribution in [1.29, 1.82) is 0 Å². The Hall–Kier alpha value is -2.24. The molecule has 2 heterocycles. The van der Waals surface area contributed by atoms with Crippen LogP contribution in [0.3, 0.4) is 0 Å². The molecular weight excluding hydrogens is 234 g/mol. The second-order valence-corrected chi connectivity index (χ2v) is 4.11. The zero-order chi connectivity index (χ0) is 12.5. The highest BCUT2D eigenvalue weighted by Gasteiger charge is 2.16. The number of benzene rings is 1. The second-order valence-electron chi connectivity index (χ2n) is 4.11. The van der Waals surface area contributed by atoms with Crippen LogP contribution in [-0.2, 0) is 0 Å². The van der Waals surface area contributed by atoms with Crippen LogP contribution in [0.5, 0.6) is 11.5 Å². The van der Waals surface area contributed by atoms with E-state index in [1.54, 1.807) is 6.92 Å². The molecule has 0 saturated carbocycles. The maximum Gasteiger partial charge on any atom is 0.248 e. The van der Waals surface area contributed by atoms with Gasteiger partial charge in [-0.15, -0.1) is 0 Å². The zero-order valence-corrected chi connectivity index (χ0v) is 10.1. The highest BCUT2D eigenvalue weighted by molar-refractivity contribution is 5.56. The summed E-state index contributed by atoms with van der Waals surface area (Å²) in [6.45, 7) is 4.02. The molecule has 1 aromatic carbocycles. The summed E-state index contributed by atoms with van der Waals surface area (Å²) < 4.78 is 15.7. The minimum Gasteiger partial charge on any atom is -0.454 e. The highest BCUT2D eigenvalue weighted by Crippen LogP contribution is 2.35.